The molecular formula is C32H45N5O6S. The number of hydrogen-bond acceptors (Lipinski definition) is 9. The van der Waals surface area contributed by atoms with Crippen LogP contribution in [0.25, 0.3) is 10.6 Å². The van der Waals surface area contributed by atoms with Crippen LogP contribution < -0.4 is 10.2 Å². The molecule has 0 aliphatic carbocycles. The van der Waals surface area contributed by atoms with Crippen LogP contribution in [0.3, 0.4) is 0 Å². The molecule has 1 N–H and O–H groups in total. The fraction of sp³-hybridized carbons (Fsp3) is 0.594. The topological polar surface area (TPSA) is 121 Å². The summed E-state index contributed by atoms with van der Waals surface area (Å²) in [6.45, 7) is 10.7. The van der Waals surface area contributed by atoms with Gasteiger partial charge < -0.3 is 29.5 Å². The molecule has 1 aromatic heterocycles. The number of ether oxygens (including phenoxy) is 2. The van der Waals surface area contributed by atoms with Crippen molar-refractivity contribution in [1.82, 2.24) is 20.1 Å². The largest absolute Gasteiger partial charge is 0.460 e. The monoisotopic (exact) mass is 627 g/mol. The maximum Gasteiger partial charge on any atom is 0.409 e. The number of carbonyl (C=O) groups excluding carboxylic acids is 4. The maximum absolute atomic E-state index is 13.9. The molecule has 240 valence electrons. The Labute approximate surface area is 263 Å². The van der Waals surface area contributed by atoms with E-state index in [-0.39, 0.29) is 30.5 Å². The van der Waals surface area contributed by atoms with Gasteiger partial charge in [-0.05, 0) is 46.5 Å². The number of carbonyl (C=O) groups is 4. The van der Waals surface area contributed by atoms with Crippen LogP contribution in [0, 0.1) is 0 Å². The molecule has 0 bridgehead atoms. The maximum atomic E-state index is 13.9. The molecule has 1 aromatic carbocycles. The lowest BCUT2D eigenvalue weighted by atomic mass is 10.1. The third-order valence-corrected chi connectivity index (χ3v) is 8.64. The fourth-order valence-electron chi connectivity index (χ4n) is 5.16. The smallest absolute Gasteiger partial charge is 0.409 e. The van der Waals surface area contributed by atoms with E-state index in [1.54, 1.807) is 30.6 Å². The van der Waals surface area contributed by atoms with E-state index in [1.807, 2.05) is 37.3 Å². The van der Waals surface area contributed by atoms with Crippen molar-refractivity contribution in [1.29, 1.82) is 0 Å². The Bertz CT molecular complexity index is 1280. The number of nitrogens with zero attached hydrogens (tertiary/aromatic N) is 4. The molecule has 1 atom stereocenters. The third-order valence-electron chi connectivity index (χ3n) is 7.47. The summed E-state index contributed by atoms with van der Waals surface area (Å²) in [5.74, 6) is -1.20. The van der Waals surface area contributed by atoms with Crippen molar-refractivity contribution >= 4 is 40.2 Å². The average molecular weight is 628 g/mol. The highest BCUT2D eigenvalue weighted by atomic mass is 32.1. The molecule has 44 heavy (non-hydrogen) atoms. The van der Waals surface area contributed by atoms with E-state index in [9.17, 15) is 19.2 Å². The Morgan fingerprint density at radius 2 is 1.64 bits per heavy atom. The van der Waals surface area contributed by atoms with Crippen LogP contribution in [0.15, 0.2) is 30.3 Å². The van der Waals surface area contributed by atoms with Gasteiger partial charge in [-0.3, -0.25) is 14.4 Å². The summed E-state index contributed by atoms with van der Waals surface area (Å²) in [7, 11) is 0. The van der Waals surface area contributed by atoms with Gasteiger partial charge in [0, 0.05) is 51.3 Å². The number of hydrogen-bond donors (Lipinski definition) is 1. The van der Waals surface area contributed by atoms with Crippen LogP contribution in [0.5, 0.6) is 0 Å². The van der Waals surface area contributed by atoms with Crippen molar-refractivity contribution in [3.8, 4) is 10.6 Å². The molecule has 2 aliphatic heterocycles. The highest BCUT2D eigenvalue weighted by Crippen LogP contribution is 2.36. The predicted octanol–water partition coefficient (Wildman–Crippen LogP) is 4.71. The summed E-state index contributed by atoms with van der Waals surface area (Å²) in [5, 5.41) is 4.44. The first-order valence-electron chi connectivity index (χ1n) is 15.6. The molecule has 2 fully saturated rings. The molecule has 0 saturated carbocycles. The summed E-state index contributed by atoms with van der Waals surface area (Å²) < 4.78 is 10.8. The predicted molar refractivity (Wildman–Crippen MR) is 170 cm³/mol. The van der Waals surface area contributed by atoms with Gasteiger partial charge >= 0.3 is 12.1 Å². The van der Waals surface area contributed by atoms with E-state index in [1.165, 1.54) is 11.3 Å². The van der Waals surface area contributed by atoms with Crippen LogP contribution in [0.2, 0.25) is 0 Å². The number of unbranched alkanes of at least 4 members (excludes halogenated alkanes) is 1. The van der Waals surface area contributed by atoms with Gasteiger partial charge in [-0.1, -0.05) is 55.0 Å². The van der Waals surface area contributed by atoms with Crippen LogP contribution in [0.4, 0.5) is 9.80 Å². The second-order valence-electron chi connectivity index (χ2n) is 12.2. The first kappa shape index (κ1) is 33.2. The summed E-state index contributed by atoms with van der Waals surface area (Å²) in [5.41, 5.74) is 0.534. The molecule has 2 aliphatic rings. The Hall–Kier alpha value is -3.67. The number of piperazine rings is 1. The number of nitrogens with one attached hydrogen (secondary N) is 1. The molecule has 3 amide bonds. The molecule has 2 aromatic rings. The number of esters is 1. The summed E-state index contributed by atoms with van der Waals surface area (Å²) >= 11 is 1.47. The van der Waals surface area contributed by atoms with Crippen molar-refractivity contribution in [2.75, 3.05) is 50.8 Å². The van der Waals surface area contributed by atoms with Crippen molar-refractivity contribution in [3.63, 3.8) is 0 Å². The zero-order valence-corrected chi connectivity index (χ0v) is 27.1. The molecule has 11 nitrogen and oxygen atoms in total. The third kappa shape index (κ3) is 9.17. The molecule has 0 unspecified atom stereocenters. The van der Waals surface area contributed by atoms with Gasteiger partial charge in [0.2, 0.25) is 5.91 Å². The zero-order chi connectivity index (χ0) is 31.7. The minimum Gasteiger partial charge on any atom is -0.460 e. The van der Waals surface area contributed by atoms with E-state index in [0.29, 0.717) is 32.8 Å². The second kappa shape index (κ2) is 15.4. The lowest BCUT2D eigenvalue weighted by Crippen LogP contribution is -2.56. The standard InChI is InChI=1S/C32H45N5O6S/c1-5-6-22-42-31(41)37-20-18-35(19-21-37)29(40)24(14-15-25(38)43-32(2,3)4)33-27(39)26-30(36-16-10-11-17-36)44-28(34-26)23-12-8-7-9-13-23/h7-9,12-13,24H,5-6,10-11,14-22H2,1-4H3,(H,33,39)/t24-/m0/s1. The lowest BCUT2D eigenvalue weighted by Gasteiger charge is -2.36. The number of amides is 3. The van der Waals surface area contributed by atoms with Crippen LogP contribution >= 0.6 is 11.3 Å². The van der Waals surface area contributed by atoms with Gasteiger partial charge in [-0.2, -0.15) is 0 Å². The quantitative estimate of drug-likeness (QED) is 0.281. The minimum atomic E-state index is -0.966. The number of thiazole rings is 1. The molecular weight excluding hydrogens is 582 g/mol. The first-order valence-corrected chi connectivity index (χ1v) is 16.4. The van der Waals surface area contributed by atoms with Crippen molar-refractivity contribution in [2.24, 2.45) is 0 Å². The van der Waals surface area contributed by atoms with Crippen molar-refractivity contribution in [3.05, 3.63) is 36.0 Å². The van der Waals surface area contributed by atoms with Crippen molar-refractivity contribution < 1.29 is 28.7 Å². The van der Waals surface area contributed by atoms with Gasteiger partial charge in [0.05, 0.1) is 6.61 Å². The number of benzene rings is 1. The van der Waals surface area contributed by atoms with E-state index >= 15 is 0 Å². The van der Waals surface area contributed by atoms with Crippen LogP contribution in [-0.2, 0) is 19.1 Å². The molecule has 3 heterocycles. The Morgan fingerprint density at radius 1 is 0.977 bits per heavy atom. The lowest BCUT2D eigenvalue weighted by molar-refractivity contribution is -0.155. The van der Waals surface area contributed by atoms with Gasteiger partial charge in [-0.15, -0.1) is 0 Å². The summed E-state index contributed by atoms with van der Waals surface area (Å²) in [6.07, 6.45) is 3.46. The first-order chi connectivity index (χ1) is 21.1. The number of aromatic nitrogens is 1. The normalized spacial score (nSPS) is 16.0. The SMILES string of the molecule is CCCCOC(=O)N1CCN(C(=O)[C@H](CCC(=O)OC(C)(C)C)NC(=O)c2nc(-c3ccccc3)sc2N2CCCC2)CC1. The van der Waals surface area contributed by atoms with E-state index in [0.717, 1.165) is 54.3 Å². The molecule has 2 saturated heterocycles. The highest BCUT2D eigenvalue weighted by Gasteiger charge is 2.33. The fourth-order valence-corrected chi connectivity index (χ4v) is 6.28. The summed E-state index contributed by atoms with van der Waals surface area (Å²) in [6, 6.07) is 8.75. The number of rotatable bonds is 11. The molecule has 0 radical (unpaired) electrons. The molecule has 4 rings (SSSR count). The Kier molecular flexibility index (Phi) is 11.6. The highest BCUT2D eigenvalue weighted by molar-refractivity contribution is 7.19. The van der Waals surface area contributed by atoms with Crippen LogP contribution in [0.1, 0.15) is 76.7 Å². The van der Waals surface area contributed by atoms with E-state index < -0.39 is 23.5 Å². The van der Waals surface area contributed by atoms with E-state index in [4.69, 9.17) is 14.5 Å². The van der Waals surface area contributed by atoms with Gasteiger partial charge in [0.1, 0.15) is 21.7 Å². The zero-order valence-electron chi connectivity index (χ0n) is 26.3. The molecule has 0 spiro atoms. The average Bonchev–Trinajstić information content (AvgIpc) is 3.69. The van der Waals surface area contributed by atoms with Gasteiger partial charge in [-0.25, -0.2) is 9.78 Å². The summed E-state index contributed by atoms with van der Waals surface area (Å²) in [4.78, 5) is 62.8. The minimum absolute atomic E-state index is 0.0387. The molecule has 12 heteroatoms. The number of anilines is 1. The Morgan fingerprint density at radius 3 is 2.27 bits per heavy atom. The Balaban J connectivity index is 1.50. The van der Waals surface area contributed by atoms with E-state index in [2.05, 4.69) is 10.2 Å². The van der Waals surface area contributed by atoms with Crippen LogP contribution in [-0.4, -0.2) is 96.2 Å². The second-order valence-corrected chi connectivity index (χ2v) is 13.1. The van der Waals surface area contributed by atoms with Gasteiger partial charge in [0.15, 0.2) is 5.69 Å². The van der Waals surface area contributed by atoms with Crippen molar-refractivity contribution in [2.45, 2.75) is 77.9 Å². The van der Waals surface area contributed by atoms with Gasteiger partial charge in [0.25, 0.3) is 5.91 Å².